The van der Waals surface area contributed by atoms with E-state index in [0.717, 1.165) is 5.92 Å². The summed E-state index contributed by atoms with van der Waals surface area (Å²) >= 11 is 0. The average Bonchev–Trinajstić information content (AvgIpc) is 2.59. The molecule has 0 amide bonds. The smallest absolute Gasteiger partial charge is 0.0162 e. The van der Waals surface area contributed by atoms with Crippen LogP contribution in [0.4, 0.5) is 0 Å². The van der Waals surface area contributed by atoms with Gasteiger partial charge in [-0.25, -0.2) is 0 Å². The van der Waals surface area contributed by atoms with Crippen molar-refractivity contribution < 1.29 is 0 Å². The molecular formula is C14H22. The van der Waals surface area contributed by atoms with Gasteiger partial charge in [0.1, 0.15) is 0 Å². The molecule has 0 nitrogen and oxygen atoms in total. The molecule has 0 saturated heterocycles. The fourth-order valence-electron chi connectivity index (χ4n) is 2.10. The van der Waals surface area contributed by atoms with Gasteiger partial charge in [0.05, 0.1) is 0 Å². The van der Waals surface area contributed by atoms with Crippen LogP contribution in [0.15, 0.2) is 36.0 Å². The standard InChI is InChI=1S/C14H22/c1-4-13-10-7-11-14(13)9-6-5-8-12(2)3/h4,8,10,14H,1,5-7,9,11H2,2-3H3. The summed E-state index contributed by atoms with van der Waals surface area (Å²) in [5.74, 6) is 0.804. The van der Waals surface area contributed by atoms with Gasteiger partial charge in [-0.05, 0) is 57.4 Å². The lowest BCUT2D eigenvalue weighted by Crippen LogP contribution is -1.96. The van der Waals surface area contributed by atoms with Crippen molar-refractivity contribution in [1.29, 1.82) is 0 Å². The van der Waals surface area contributed by atoms with E-state index in [0.29, 0.717) is 0 Å². The van der Waals surface area contributed by atoms with Crippen molar-refractivity contribution in [2.45, 2.75) is 46.0 Å². The lowest BCUT2D eigenvalue weighted by atomic mass is 9.95. The van der Waals surface area contributed by atoms with Crippen molar-refractivity contribution in [3.8, 4) is 0 Å². The van der Waals surface area contributed by atoms with Gasteiger partial charge in [0, 0.05) is 0 Å². The van der Waals surface area contributed by atoms with Gasteiger partial charge in [0.2, 0.25) is 0 Å². The highest BCUT2D eigenvalue weighted by Gasteiger charge is 2.15. The first kappa shape index (κ1) is 11.3. The van der Waals surface area contributed by atoms with E-state index in [1.807, 2.05) is 6.08 Å². The molecule has 0 aromatic heterocycles. The molecule has 0 aromatic carbocycles. The molecule has 0 heterocycles. The Kier molecular flexibility index (Phi) is 4.72. The average molecular weight is 190 g/mol. The minimum atomic E-state index is 0.804. The Hall–Kier alpha value is -0.780. The van der Waals surface area contributed by atoms with Crippen LogP contribution >= 0.6 is 0 Å². The molecule has 1 unspecified atom stereocenters. The second-order valence-corrected chi connectivity index (χ2v) is 4.39. The number of hydrogen-bond donors (Lipinski definition) is 0. The summed E-state index contributed by atoms with van der Waals surface area (Å²) < 4.78 is 0. The maximum absolute atomic E-state index is 3.87. The Balaban J connectivity index is 2.22. The van der Waals surface area contributed by atoms with Crippen LogP contribution in [0.25, 0.3) is 0 Å². The van der Waals surface area contributed by atoms with Crippen LogP contribution < -0.4 is 0 Å². The Morgan fingerprint density at radius 3 is 3.00 bits per heavy atom. The molecule has 0 N–H and O–H groups in total. The lowest BCUT2D eigenvalue weighted by molar-refractivity contribution is 0.540. The van der Waals surface area contributed by atoms with Crippen LogP contribution in [0.5, 0.6) is 0 Å². The summed E-state index contributed by atoms with van der Waals surface area (Å²) in [5, 5.41) is 0. The molecule has 1 atom stereocenters. The van der Waals surface area contributed by atoms with E-state index in [9.17, 15) is 0 Å². The molecule has 0 fully saturated rings. The van der Waals surface area contributed by atoms with Gasteiger partial charge < -0.3 is 0 Å². The number of rotatable bonds is 5. The Bertz CT molecular complexity index is 239. The maximum Gasteiger partial charge on any atom is -0.0162 e. The van der Waals surface area contributed by atoms with Crippen LogP contribution in [-0.2, 0) is 0 Å². The monoisotopic (exact) mass is 190 g/mol. The molecule has 78 valence electrons. The van der Waals surface area contributed by atoms with E-state index in [-0.39, 0.29) is 0 Å². The molecule has 14 heavy (non-hydrogen) atoms. The van der Waals surface area contributed by atoms with E-state index >= 15 is 0 Å². The Morgan fingerprint density at radius 2 is 2.36 bits per heavy atom. The van der Waals surface area contributed by atoms with Gasteiger partial charge >= 0.3 is 0 Å². The van der Waals surface area contributed by atoms with Crippen molar-refractivity contribution in [3.63, 3.8) is 0 Å². The highest BCUT2D eigenvalue weighted by molar-refractivity contribution is 5.23. The summed E-state index contributed by atoms with van der Waals surface area (Å²) in [4.78, 5) is 0. The van der Waals surface area contributed by atoms with Crippen LogP contribution in [0.2, 0.25) is 0 Å². The maximum atomic E-state index is 3.87. The Labute approximate surface area is 88.4 Å². The van der Waals surface area contributed by atoms with Crippen molar-refractivity contribution in [3.05, 3.63) is 36.0 Å². The fraction of sp³-hybridized carbons (Fsp3) is 0.571. The van der Waals surface area contributed by atoms with Crippen LogP contribution in [0.3, 0.4) is 0 Å². The summed E-state index contributed by atoms with van der Waals surface area (Å²) in [6.45, 7) is 8.21. The molecule has 0 aromatic rings. The number of allylic oxidation sites excluding steroid dienone is 5. The third-order valence-corrected chi connectivity index (χ3v) is 2.91. The van der Waals surface area contributed by atoms with Crippen LogP contribution in [0.1, 0.15) is 46.0 Å². The first-order valence-corrected chi connectivity index (χ1v) is 5.70. The van der Waals surface area contributed by atoms with E-state index in [1.54, 1.807) is 0 Å². The second kappa shape index (κ2) is 5.85. The summed E-state index contributed by atoms with van der Waals surface area (Å²) in [6.07, 6.45) is 13.2. The predicted octanol–water partition coefficient (Wildman–Crippen LogP) is 4.65. The van der Waals surface area contributed by atoms with E-state index in [4.69, 9.17) is 0 Å². The zero-order valence-electron chi connectivity index (χ0n) is 9.55. The van der Waals surface area contributed by atoms with E-state index in [2.05, 4.69) is 32.6 Å². The van der Waals surface area contributed by atoms with Crippen LogP contribution in [-0.4, -0.2) is 0 Å². The molecule has 0 radical (unpaired) electrons. The van der Waals surface area contributed by atoms with Gasteiger partial charge in [0.15, 0.2) is 0 Å². The van der Waals surface area contributed by atoms with Gasteiger partial charge in [-0.3, -0.25) is 0 Å². The zero-order valence-corrected chi connectivity index (χ0v) is 9.55. The van der Waals surface area contributed by atoms with Crippen LogP contribution in [0, 0.1) is 5.92 Å². The molecule has 0 spiro atoms. The molecule has 1 aliphatic carbocycles. The minimum Gasteiger partial charge on any atom is -0.0988 e. The van der Waals surface area contributed by atoms with E-state index < -0.39 is 0 Å². The molecular weight excluding hydrogens is 168 g/mol. The topological polar surface area (TPSA) is 0 Å². The predicted molar refractivity (Wildman–Crippen MR) is 64.3 cm³/mol. The SMILES string of the molecule is C=CC1=CCCC1CCCC=C(C)C. The third kappa shape index (κ3) is 3.53. The molecule has 0 aliphatic heterocycles. The highest BCUT2D eigenvalue weighted by Crippen LogP contribution is 2.30. The Morgan fingerprint density at radius 1 is 1.57 bits per heavy atom. The van der Waals surface area contributed by atoms with Crippen molar-refractivity contribution in [2.24, 2.45) is 5.92 Å². The molecule has 0 bridgehead atoms. The quantitative estimate of drug-likeness (QED) is 0.437. The second-order valence-electron chi connectivity index (χ2n) is 4.39. The van der Waals surface area contributed by atoms with Gasteiger partial charge in [-0.15, -0.1) is 0 Å². The van der Waals surface area contributed by atoms with Gasteiger partial charge in [-0.2, -0.15) is 0 Å². The fourth-order valence-corrected chi connectivity index (χ4v) is 2.10. The molecule has 0 heteroatoms. The largest absolute Gasteiger partial charge is 0.0988 e. The summed E-state index contributed by atoms with van der Waals surface area (Å²) in [5.41, 5.74) is 2.93. The number of hydrogen-bond acceptors (Lipinski definition) is 0. The summed E-state index contributed by atoms with van der Waals surface area (Å²) in [6, 6.07) is 0. The zero-order chi connectivity index (χ0) is 10.4. The number of unbranched alkanes of at least 4 members (excludes halogenated alkanes) is 1. The minimum absolute atomic E-state index is 0.804. The van der Waals surface area contributed by atoms with E-state index in [1.165, 1.54) is 43.3 Å². The third-order valence-electron chi connectivity index (χ3n) is 2.91. The molecule has 0 saturated carbocycles. The van der Waals surface area contributed by atoms with Gasteiger partial charge in [0.25, 0.3) is 0 Å². The van der Waals surface area contributed by atoms with Gasteiger partial charge in [-0.1, -0.05) is 30.4 Å². The van der Waals surface area contributed by atoms with Crippen molar-refractivity contribution in [1.82, 2.24) is 0 Å². The lowest BCUT2D eigenvalue weighted by Gasteiger charge is -2.10. The van der Waals surface area contributed by atoms with Crippen molar-refractivity contribution >= 4 is 0 Å². The molecule has 1 aliphatic rings. The first-order valence-electron chi connectivity index (χ1n) is 5.70. The van der Waals surface area contributed by atoms with Crippen molar-refractivity contribution in [2.75, 3.05) is 0 Å². The molecule has 1 rings (SSSR count). The first-order chi connectivity index (χ1) is 6.74. The normalized spacial score (nSPS) is 20.4. The highest BCUT2D eigenvalue weighted by atomic mass is 14.2. The summed E-state index contributed by atoms with van der Waals surface area (Å²) in [7, 11) is 0.